The number of hydrogen-bond donors (Lipinski definition) is 0. The van der Waals surface area contributed by atoms with Crippen LogP contribution in [0.1, 0.15) is 33.1 Å². The van der Waals surface area contributed by atoms with Crippen molar-refractivity contribution in [1.29, 1.82) is 0 Å². The highest BCUT2D eigenvalue weighted by Crippen LogP contribution is 2.04. The maximum Gasteiger partial charge on any atom is 0.249 e. The Bertz CT molecular complexity index is 328. The topological polar surface area (TPSA) is 38.1 Å². The van der Waals surface area contributed by atoms with Gasteiger partial charge >= 0.3 is 0 Å². The van der Waals surface area contributed by atoms with E-state index in [0.29, 0.717) is 5.95 Å². The van der Waals surface area contributed by atoms with Gasteiger partial charge in [-0.05, 0) is 24.5 Å². The Morgan fingerprint density at radius 2 is 2.07 bits per heavy atom. The first kappa shape index (κ1) is 11.6. The van der Waals surface area contributed by atoms with E-state index in [9.17, 15) is 0 Å². The van der Waals surface area contributed by atoms with Crippen molar-refractivity contribution < 1.29 is 0 Å². The zero-order valence-electron chi connectivity index (χ0n) is 9.35. The Labute approximate surface area is 91.0 Å². The van der Waals surface area contributed by atoms with Crippen LogP contribution in [0.2, 0.25) is 0 Å². The molecule has 0 atom stereocenters. The van der Waals surface area contributed by atoms with Crippen molar-refractivity contribution in [3.63, 3.8) is 0 Å². The van der Waals surface area contributed by atoms with Gasteiger partial charge in [-0.15, -0.1) is 0 Å². The quantitative estimate of drug-likeness (QED) is 0.688. The Morgan fingerprint density at radius 3 is 2.67 bits per heavy atom. The van der Waals surface area contributed by atoms with Gasteiger partial charge in [-0.3, -0.25) is 0 Å². The SMILES string of the molecule is CCC/C=C(/C=Nc1ncccn1)CC. The van der Waals surface area contributed by atoms with E-state index < -0.39 is 0 Å². The average molecular weight is 203 g/mol. The van der Waals surface area contributed by atoms with Gasteiger partial charge in [0.25, 0.3) is 0 Å². The summed E-state index contributed by atoms with van der Waals surface area (Å²) in [5.74, 6) is 0.522. The molecule has 0 amide bonds. The Morgan fingerprint density at radius 1 is 1.33 bits per heavy atom. The van der Waals surface area contributed by atoms with E-state index >= 15 is 0 Å². The summed E-state index contributed by atoms with van der Waals surface area (Å²) in [4.78, 5) is 12.3. The van der Waals surface area contributed by atoms with Crippen LogP contribution in [-0.2, 0) is 0 Å². The zero-order chi connectivity index (χ0) is 10.9. The van der Waals surface area contributed by atoms with E-state index in [1.807, 2.05) is 6.21 Å². The van der Waals surface area contributed by atoms with Gasteiger partial charge in [-0.1, -0.05) is 26.3 Å². The molecule has 1 rings (SSSR count). The van der Waals surface area contributed by atoms with Crippen molar-refractivity contribution in [3.8, 4) is 0 Å². The summed E-state index contributed by atoms with van der Waals surface area (Å²) < 4.78 is 0. The van der Waals surface area contributed by atoms with Crippen LogP contribution in [0.5, 0.6) is 0 Å². The van der Waals surface area contributed by atoms with Crippen LogP contribution in [0.4, 0.5) is 5.95 Å². The first-order valence-electron chi connectivity index (χ1n) is 5.37. The minimum absolute atomic E-state index is 0.522. The van der Waals surface area contributed by atoms with Gasteiger partial charge in [0.1, 0.15) is 0 Å². The molecule has 80 valence electrons. The Hall–Kier alpha value is -1.51. The van der Waals surface area contributed by atoms with Gasteiger partial charge in [-0.25, -0.2) is 15.0 Å². The van der Waals surface area contributed by atoms with Crippen LogP contribution >= 0.6 is 0 Å². The lowest BCUT2D eigenvalue weighted by atomic mass is 10.1. The van der Waals surface area contributed by atoms with E-state index in [4.69, 9.17) is 0 Å². The molecular formula is C12H17N3. The monoisotopic (exact) mass is 203 g/mol. The molecule has 3 heteroatoms. The minimum atomic E-state index is 0.522. The molecule has 1 aromatic heterocycles. The van der Waals surface area contributed by atoms with Crippen molar-refractivity contribution in [2.24, 2.45) is 4.99 Å². The molecule has 0 saturated carbocycles. The summed E-state index contributed by atoms with van der Waals surface area (Å²) in [6, 6.07) is 1.78. The van der Waals surface area contributed by atoms with Crippen molar-refractivity contribution in [2.45, 2.75) is 33.1 Å². The third-order valence-electron chi connectivity index (χ3n) is 2.00. The summed E-state index contributed by atoms with van der Waals surface area (Å²) in [7, 11) is 0. The maximum absolute atomic E-state index is 4.21. The third kappa shape index (κ3) is 4.49. The second-order valence-corrected chi connectivity index (χ2v) is 3.23. The summed E-state index contributed by atoms with van der Waals surface area (Å²) >= 11 is 0. The van der Waals surface area contributed by atoms with Gasteiger partial charge in [-0.2, -0.15) is 0 Å². The molecule has 0 unspecified atom stereocenters. The molecule has 0 saturated heterocycles. The molecule has 0 bridgehead atoms. The standard InChI is InChI=1S/C12H17N3/c1-3-5-7-11(4-2)10-15-12-13-8-6-9-14-12/h6-10H,3-5H2,1-2H3/b11-7+,15-10?. The molecule has 0 spiro atoms. The van der Waals surface area contributed by atoms with Crippen LogP contribution in [-0.4, -0.2) is 16.2 Å². The number of rotatable bonds is 5. The van der Waals surface area contributed by atoms with Crippen LogP contribution in [0.25, 0.3) is 0 Å². The van der Waals surface area contributed by atoms with Crippen molar-refractivity contribution in [1.82, 2.24) is 9.97 Å². The average Bonchev–Trinajstić information content (AvgIpc) is 2.31. The largest absolute Gasteiger partial charge is 0.249 e. The van der Waals surface area contributed by atoms with Gasteiger partial charge < -0.3 is 0 Å². The zero-order valence-corrected chi connectivity index (χ0v) is 9.35. The lowest BCUT2D eigenvalue weighted by Gasteiger charge is -1.95. The fourth-order valence-electron chi connectivity index (χ4n) is 1.12. The molecular weight excluding hydrogens is 186 g/mol. The molecule has 15 heavy (non-hydrogen) atoms. The van der Waals surface area contributed by atoms with E-state index in [-0.39, 0.29) is 0 Å². The number of aliphatic imine (C=N–C) groups is 1. The minimum Gasteiger partial charge on any atom is -0.220 e. The molecule has 0 aliphatic heterocycles. The fourth-order valence-corrected chi connectivity index (χ4v) is 1.12. The van der Waals surface area contributed by atoms with E-state index in [0.717, 1.165) is 12.8 Å². The van der Waals surface area contributed by atoms with Crippen LogP contribution in [0, 0.1) is 0 Å². The predicted octanol–water partition coefficient (Wildman–Crippen LogP) is 3.32. The molecule has 0 radical (unpaired) electrons. The van der Waals surface area contributed by atoms with E-state index in [1.54, 1.807) is 18.5 Å². The molecule has 1 aromatic rings. The van der Waals surface area contributed by atoms with Crippen molar-refractivity contribution in [3.05, 3.63) is 30.1 Å². The fraction of sp³-hybridized carbons (Fsp3) is 0.417. The van der Waals surface area contributed by atoms with Crippen LogP contribution in [0.15, 0.2) is 35.1 Å². The number of aromatic nitrogens is 2. The number of nitrogens with zero attached hydrogens (tertiary/aromatic N) is 3. The molecule has 0 N–H and O–H groups in total. The van der Waals surface area contributed by atoms with Crippen molar-refractivity contribution >= 4 is 12.2 Å². The number of hydrogen-bond acceptors (Lipinski definition) is 3. The maximum atomic E-state index is 4.21. The molecule has 0 aliphatic carbocycles. The smallest absolute Gasteiger partial charge is 0.220 e. The lowest BCUT2D eigenvalue weighted by Crippen LogP contribution is -1.84. The first-order valence-corrected chi connectivity index (χ1v) is 5.37. The molecule has 0 aliphatic rings. The normalized spacial score (nSPS) is 12.3. The lowest BCUT2D eigenvalue weighted by molar-refractivity contribution is 0.946. The number of allylic oxidation sites excluding steroid dienone is 2. The Balaban J connectivity index is 2.63. The summed E-state index contributed by atoms with van der Waals surface area (Å²) in [5, 5.41) is 0. The Kier molecular flexibility index (Phi) is 5.30. The highest BCUT2D eigenvalue weighted by molar-refractivity contribution is 5.79. The molecule has 0 fully saturated rings. The first-order chi connectivity index (χ1) is 7.36. The summed E-state index contributed by atoms with van der Waals surface area (Å²) in [6.45, 7) is 4.29. The van der Waals surface area contributed by atoms with Gasteiger partial charge in [0, 0.05) is 18.6 Å². The highest BCUT2D eigenvalue weighted by atomic mass is 15.0. The molecule has 1 heterocycles. The van der Waals surface area contributed by atoms with Crippen LogP contribution < -0.4 is 0 Å². The number of unbranched alkanes of at least 4 members (excludes halogenated alkanes) is 1. The van der Waals surface area contributed by atoms with E-state index in [2.05, 4.69) is 34.9 Å². The molecule has 3 nitrogen and oxygen atoms in total. The summed E-state index contributed by atoms with van der Waals surface area (Å²) in [6.07, 6.45) is 10.7. The van der Waals surface area contributed by atoms with Gasteiger partial charge in [0.15, 0.2) is 0 Å². The van der Waals surface area contributed by atoms with Gasteiger partial charge in [0.2, 0.25) is 5.95 Å². The highest BCUT2D eigenvalue weighted by Gasteiger charge is 1.90. The second kappa shape index (κ2) is 6.87. The van der Waals surface area contributed by atoms with Crippen molar-refractivity contribution in [2.75, 3.05) is 0 Å². The predicted molar refractivity (Wildman–Crippen MR) is 63.5 cm³/mol. The summed E-state index contributed by atoms with van der Waals surface area (Å²) in [5.41, 5.74) is 1.24. The van der Waals surface area contributed by atoms with E-state index in [1.165, 1.54) is 12.0 Å². The van der Waals surface area contributed by atoms with Gasteiger partial charge in [0.05, 0.1) is 0 Å². The third-order valence-corrected chi connectivity index (χ3v) is 2.00. The second-order valence-electron chi connectivity index (χ2n) is 3.23. The molecule has 0 aromatic carbocycles. The van der Waals surface area contributed by atoms with Crippen LogP contribution in [0.3, 0.4) is 0 Å².